The van der Waals surface area contributed by atoms with E-state index < -0.39 is 31.1 Å². The molecule has 0 spiro atoms. The predicted molar refractivity (Wildman–Crippen MR) is 53.7 cm³/mol. The van der Waals surface area contributed by atoms with Gasteiger partial charge in [-0.1, -0.05) is 0 Å². The van der Waals surface area contributed by atoms with E-state index in [1.807, 2.05) is 0 Å². The fourth-order valence-corrected chi connectivity index (χ4v) is 1.77. The van der Waals surface area contributed by atoms with Gasteiger partial charge in [0, 0.05) is 14.2 Å². The van der Waals surface area contributed by atoms with Crippen LogP contribution in [0.25, 0.3) is 0 Å². The molecule has 0 saturated heterocycles. The second-order valence-electron chi connectivity index (χ2n) is 3.04. The van der Waals surface area contributed by atoms with E-state index in [2.05, 4.69) is 13.6 Å². The van der Waals surface area contributed by atoms with Crippen LogP contribution >= 0.6 is 7.82 Å². The first-order chi connectivity index (χ1) is 8.22. The summed E-state index contributed by atoms with van der Waals surface area (Å²) in [6.07, 6.45) is -4.86. The van der Waals surface area contributed by atoms with Crippen molar-refractivity contribution < 1.29 is 35.7 Å². The van der Waals surface area contributed by atoms with E-state index in [4.69, 9.17) is 0 Å². The van der Waals surface area contributed by atoms with Crippen molar-refractivity contribution in [1.29, 1.82) is 0 Å². The second-order valence-corrected chi connectivity index (χ2v) is 4.85. The molecule has 0 aliphatic carbocycles. The molecule has 1 rings (SSSR count). The third-order valence-corrected chi connectivity index (χ3v) is 3.22. The number of alkyl halides is 3. The minimum atomic E-state index is -4.86. The molecule has 1 aromatic rings. The Labute approximate surface area is 100 Å². The van der Waals surface area contributed by atoms with Gasteiger partial charge in [0.25, 0.3) is 0 Å². The Morgan fingerprint density at radius 3 is 2.17 bits per heavy atom. The van der Waals surface area contributed by atoms with Gasteiger partial charge in [0.15, 0.2) is 0 Å². The standard InChI is InChI=1S/C9H9F4O4P/c1-15-18(14,16-2)17-8-4-3-6(10)5-7(8)9(11,12)13/h3-5H,1-2H3. The third-order valence-electron chi connectivity index (χ3n) is 1.90. The molecule has 1 aromatic carbocycles. The van der Waals surface area contributed by atoms with Gasteiger partial charge in [0.1, 0.15) is 17.1 Å². The molecule has 18 heavy (non-hydrogen) atoms. The smallest absolute Gasteiger partial charge is 0.403 e. The van der Waals surface area contributed by atoms with Crippen molar-refractivity contribution in [3.05, 3.63) is 29.6 Å². The maximum atomic E-state index is 12.8. The van der Waals surface area contributed by atoms with Crippen molar-refractivity contribution in [1.82, 2.24) is 0 Å². The summed E-state index contributed by atoms with van der Waals surface area (Å²) in [5.74, 6) is -1.93. The van der Waals surface area contributed by atoms with E-state index in [9.17, 15) is 22.1 Å². The van der Waals surface area contributed by atoms with Gasteiger partial charge in [0.2, 0.25) is 0 Å². The highest BCUT2D eigenvalue weighted by molar-refractivity contribution is 7.48. The fourth-order valence-electron chi connectivity index (χ4n) is 1.07. The van der Waals surface area contributed by atoms with Crippen LogP contribution in [0.2, 0.25) is 0 Å². The van der Waals surface area contributed by atoms with Crippen LogP contribution in [-0.4, -0.2) is 14.2 Å². The molecular formula is C9H9F4O4P. The maximum Gasteiger partial charge on any atom is 0.529 e. The molecule has 0 saturated carbocycles. The van der Waals surface area contributed by atoms with Gasteiger partial charge >= 0.3 is 14.0 Å². The number of halogens is 4. The summed E-state index contributed by atoms with van der Waals surface area (Å²) in [7, 11) is -2.25. The summed E-state index contributed by atoms with van der Waals surface area (Å²) in [5.41, 5.74) is -1.41. The summed E-state index contributed by atoms with van der Waals surface area (Å²) >= 11 is 0. The topological polar surface area (TPSA) is 44.8 Å². The quantitative estimate of drug-likeness (QED) is 0.627. The van der Waals surface area contributed by atoms with Gasteiger partial charge in [-0.3, -0.25) is 9.05 Å². The van der Waals surface area contributed by atoms with Crippen molar-refractivity contribution in [2.75, 3.05) is 14.2 Å². The molecule has 0 fully saturated rings. The lowest BCUT2D eigenvalue weighted by Crippen LogP contribution is -2.09. The van der Waals surface area contributed by atoms with Crippen LogP contribution in [0.3, 0.4) is 0 Å². The van der Waals surface area contributed by atoms with Crippen molar-refractivity contribution in [2.45, 2.75) is 6.18 Å². The van der Waals surface area contributed by atoms with Crippen molar-refractivity contribution >= 4 is 7.82 Å². The number of phosphoric ester groups is 1. The minimum absolute atomic E-state index is 0.227. The lowest BCUT2D eigenvalue weighted by molar-refractivity contribution is -0.138. The van der Waals surface area contributed by atoms with Crippen LogP contribution in [0, 0.1) is 5.82 Å². The SMILES string of the molecule is COP(=O)(OC)Oc1ccc(F)cc1C(F)(F)F. The van der Waals surface area contributed by atoms with E-state index in [0.29, 0.717) is 6.07 Å². The molecule has 0 aliphatic rings. The minimum Gasteiger partial charge on any atom is -0.403 e. The van der Waals surface area contributed by atoms with Crippen molar-refractivity contribution in [3.8, 4) is 5.75 Å². The highest BCUT2D eigenvalue weighted by Crippen LogP contribution is 2.50. The monoisotopic (exact) mass is 288 g/mol. The van der Waals surface area contributed by atoms with Crippen molar-refractivity contribution in [2.24, 2.45) is 0 Å². The Hall–Kier alpha value is -1.11. The molecule has 0 radical (unpaired) electrons. The Balaban J connectivity index is 3.21. The van der Waals surface area contributed by atoms with Gasteiger partial charge in [-0.15, -0.1) is 0 Å². The number of hydrogen-bond donors (Lipinski definition) is 0. The van der Waals surface area contributed by atoms with E-state index in [-0.39, 0.29) is 6.07 Å². The molecule has 0 aromatic heterocycles. The van der Waals surface area contributed by atoms with E-state index >= 15 is 0 Å². The zero-order valence-corrected chi connectivity index (χ0v) is 10.2. The molecular weight excluding hydrogens is 279 g/mol. The molecule has 0 heterocycles. The Morgan fingerprint density at radius 2 is 1.72 bits per heavy atom. The average molecular weight is 288 g/mol. The number of phosphoric acid groups is 1. The summed E-state index contributed by atoms with van der Waals surface area (Å²) in [5, 5.41) is 0. The molecule has 102 valence electrons. The van der Waals surface area contributed by atoms with Gasteiger partial charge < -0.3 is 4.52 Å². The van der Waals surface area contributed by atoms with E-state index in [0.717, 1.165) is 20.3 Å². The zero-order valence-electron chi connectivity index (χ0n) is 9.32. The number of benzene rings is 1. The summed E-state index contributed by atoms with van der Waals surface area (Å²) in [6.45, 7) is 0. The van der Waals surface area contributed by atoms with Gasteiger partial charge in [-0.2, -0.15) is 13.2 Å². The highest BCUT2D eigenvalue weighted by atomic mass is 31.2. The third kappa shape index (κ3) is 3.44. The first kappa shape index (κ1) is 14.9. The fraction of sp³-hybridized carbons (Fsp3) is 0.333. The predicted octanol–water partition coefficient (Wildman–Crippen LogP) is 3.62. The molecule has 0 bridgehead atoms. The molecule has 0 N–H and O–H groups in total. The largest absolute Gasteiger partial charge is 0.529 e. The van der Waals surface area contributed by atoms with Crippen molar-refractivity contribution in [3.63, 3.8) is 0 Å². The zero-order chi connectivity index (χ0) is 14.0. The summed E-state index contributed by atoms with van der Waals surface area (Å²) < 4.78 is 75.3. The average Bonchev–Trinajstić information content (AvgIpc) is 2.30. The highest BCUT2D eigenvalue weighted by Gasteiger charge is 2.37. The van der Waals surface area contributed by atoms with Crippen LogP contribution in [0.1, 0.15) is 5.56 Å². The molecule has 9 heteroatoms. The Bertz CT molecular complexity index is 466. The van der Waals surface area contributed by atoms with Crippen LogP contribution in [0.4, 0.5) is 17.6 Å². The number of rotatable bonds is 4. The lowest BCUT2D eigenvalue weighted by atomic mass is 10.2. The van der Waals surface area contributed by atoms with Gasteiger partial charge in [-0.25, -0.2) is 8.96 Å². The second kappa shape index (κ2) is 5.26. The van der Waals surface area contributed by atoms with Gasteiger partial charge in [-0.05, 0) is 18.2 Å². The summed E-state index contributed by atoms with van der Waals surface area (Å²) in [4.78, 5) is 0. The first-order valence-corrected chi connectivity index (χ1v) is 5.96. The molecule has 0 aliphatic heterocycles. The summed E-state index contributed by atoms with van der Waals surface area (Å²) in [6, 6.07) is 1.66. The normalized spacial score (nSPS) is 12.6. The first-order valence-electron chi connectivity index (χ1n) is 4.49. The van der Waals surface area contributed by atoms with Gasteiger partial charge in [0.05, 0.1) is 0 Å². The molecule has 4 nitrogen and oxygen atoms in total. The lowest BCUT2D eigenvalue weighted by Gasteiger charge is -2.17. The van der Waals surface area contributed by atoms with Crippen LogP contribution in [-0.2, 0) is 19.8 Å². The van der Waals surface area contributed by atoms with Crippen LogP contribution in [0.5, 0.6) is 5.75 Å². The molecule has 0 unspecified atom stereocenters. The maximum absolute atomic E-state index is 12.8. The Kier molecular flexibility index (Phi) is 4.37. The van der Waals surface area contributed by atoms with E-state index in [1.165, 1.54) is 0 Å². The molecule has 0 atom stereocenters. The molecule has 0 amide bonds. The Morgan fingerprint density at radius 1 is 1.17 bits per heavy atom. The van der Waals surface area contributed by atoms with E-state index in [1.54, 1.807) is 0 Å². The van der Waals surface area contributed by atoms with Crippen LogP contribution < -0.4 is 4.52 Å². The van der Waals surface area contributed by atoms with Crippen LogP contribution in [0.15, 0.2) is 18.2 Å². The number of hydrogen-bond acceptors (Lipinski definition) is 4.